The number of hydrogen-bond donors (Lipinski definition) is 5. The van der Waals surface area contributed by atoms with Crippen molar-refractivity contribution in [1.82, 2.24) is 10.3 Å². The Morgan fingerprint density at radius 3 is 2.84 bits per heavy atom. The van der Waals surface area contributed by atoms with E-state index >= 15 is 0 Å². The zero-order chi connectivity index (χ0) is 18.1. The largest absolute Gasteiger partial charge is 0.460 e. The van der Waals surface area contributed by atoms with Gasteiger partial charge in [0.2, 0.25) is 12.2 Å². The van der Waals surface area contributed by atoms with E-state index in [0.717, 1.165) is 10.9 Å². The van der Waals surface area contributed by atoms with Gasteiger partial charge < -0.3 is 35.1 Å². The van der Waals surface area contributed by atoms with Crippen LogP contribution < -0.4 is 10.1 Å². The number of rotatable bonds is 4. The summed E-state index contributed by atoms with van der Waals surface area (Å²) in [5, 5.41) is 33.4. The van der Waals surface area contributed by atoms with Crippen LogP contribution in [0.2, 0.25) is 5.02 Å². The van der Waals surface area contributed by atoms with E-state index in [1.807, 2.05) is 0 Å². The average molecular weight is 371 g/mol. The molecular formula is C16H19ClN2O6. The van der Waals surface area contributed by atoms with Gasteiger partial charge in [0.1, 0.15) is 30.1 Å². The molecule has 1 aromatic carbocycles. The number of benzene rings is 1. The highest BCUT2D eigenvalue weighted by Gasteiger charge is 2.46. The van der Waals surface area contributed by atoms with Gasteiger partial charge in [-0.25, -0.2) is 0 Å². The van der Waals surface area contributed by atoms with Crippen LogP contribution in [-0.2, 0) is 9.53 Å². The van der Waals surface area contributed by atoms with Crippen molar-refractivity contribution in [3.8, 4) is 5.75 Å². The van der Waals surface area contributed by atoms with Crippen molar-refractivity contribution in [3.63, 3.8) is 0 Å². The number of hydrogen-bond acceptors (Lipinski definition) is 6. The second kappa shape index (κ2) is 7.19. The number of ether oxygens (including phenoxy) is 2. The first-order chi connectivity index (χ1) is 11.9. The lowest BCUT2D eigenvalue weighted by molar-refractivity contribution is -0.244. The van der Waals surface area contributed by atoms with Crippen LogP contribution in [0.25, 0.3) is 10.9 Å². The van der Waals surface area contributed by atoms with Crippen LogP contribution >= 0.6 is 11.6 Å². The molecule has 8 nitrogen and oxygen atoms in total. The SMILES string of the molecule is CC(=O)N[C@H]1[C@H](Oc2c[nH]c3cc(Cl)ccc23)O[C@@H](CO)[C@@H](O)[C@H]1O. The molecule has 9 heteroatoms. The van der Waals surface area contributed by atoms with Gasteiger partial charge in [-0.15, -0.1) is 0 Å². The van der Waals surface area contributed by atoms with Crippen LogP contribution in [0.15, 0.2) is 24.4 Å². The van der Waals surface area contributed by atoms with Crippen molar-refractivity contribution in [2.75, 3.05) is 6.61 Å². The molecule has 0 unspecified atom stereocenters. The summed E-state index contributed by atoms with van der Waals surface area (Å²) in [6.07, 6.45) is -3.26. The number of amides is 1. The number of aliphatic hydroxyl groups excluding tert-OH is 3. The Hall–Kier alpha value is -1.84. The first-order valence-electron chi connectivity index (χ1n) is 7.73. The minimum atomic E-state index is -1.36. The predicted molar refractivity (Wildman–Crippen MR) is 89.3 cm³/mol. The number of fused-ring (bicyclic) bond motifs is 1. The number of nitrogens with one attached hydrogen (secondary N) is 2. The lowest BCUT2D eigenvalue weighted by atomic mass is 9.97. The minimum Gasteiger partial charge on any atom is -0.460 e. The molecule has 0 spiro atoms. The van der Waals surface area contributed by atoms with Crippen LogP contribution in [0.4, 0.5) is 0 Å². The Bertz CT molecular complexity index is 766. The number of aliphatic hydroxyl groups is 3. The molecule has 136 valence electrons. The van der Waals surface area contributed by atoms with E-state index in [4.69, 9.17) is 21.1 Å². The van der Waals surface area contributed by atoms with Crippen molar-refractivity contribution < 1.29 is 29.6 Å². The summed E-state index contributed by atoms with van der Waals surface area (Å²) >= 11 is 5.95. The number of halogens is 1. The van der Waals surface area contributed by atoms with Gasteiger partial charge in [0, 0.05) is 23.5 Å². The third-order valence-electron chi connectivity index (χ3n) is 4.10. The molecule has 1 aliphatic rings. The Labute approximate surface area is 148 Å². The minimum absolute atomic E-state index is 0.415. The molecule has 25 heavy (non-hydrogen) atoms. The predicted octanol–water partition coefficient (Wildman–Crippen LogP) is 0.144. The van der Waals surface area contributed by atoms with E-state index in [9.17, 15) is 20.1 Å². The maximum atomic E-state index is 11.4. The number of aromatic nitrogens is 1. The summed E-state index contributed by atoms with van der Waals surface area (Å²) in [5.41, 5.74) is 0.744. The molecule has 3 rings (SSSR count). The zero-order valence-electron chi connectivity index (χ0n) is 13.3. The molecule has 0 saturated carbocycles. The van der Waals surface area contributed by atoms with E-state index in [1.165, 1.54) is 6.92 Å². The van der Waals surface area contributed by atoms with Crippen molar-refractivity contribution in [2.24, 2.45) is 0 Å². The number of aromatic amines is 1. The lowest BCUT2D eigenvalue weighted by Crippen LogP contribution is -2.65. The van der Waals surface area contributed by atoms with Crippen LogP contribution in [0.5, 0.6) is 5.75 Å². The number of carbonyl (C=O) groups is 1. The maximum absolute atomic E-state index is 11.4. The van der Waals surface area contributed by atoms with E-state index in [0.29, 0.717) is 10.8 Å². The summed E-state index contributed by atoms with van der Waals surface area (Å²) in [5.74, 6) is 0.00825. The number of carbonyl (C=O) groups excluding carboxylic acids is 1. The fourth-order valence-corrected chi connectivity index (χ4v) is 3.04. The third-order valence-corrected chi connectivity index (χ3v) is 4.33. The van der Waals surface area contributed by atoms with Gasteiger partial charge in [-0.1, -0.05) is 11.6 Å². The van der Waals surface area contributed by atoms with Crippen LogP contribution in [0.1, 0.15) is 6.92 Å². The summed E-state index contributed by atoms with van der Waals surface area (Å²) in [6.45, 7) is 0.774. The van der Waals surface area contributed by atoms with Gasteiger partial charge >= 0.3 is 0 Å². The van der Waals surface area contributed by atoms with E-state index in [2.05, 4.69) is 10.3 Å². The Morgan fingerprint density at radius 2 is 2.16 bits per heavy atom. The molecule has 2 heterocycles. The van der Waals surface area contributed by atoms with Gasteiger partial charge in [-0.2, -0.15) is 0 Å². The molecule has 5 atom stereocenters. The highest BCUT2D eigenvalue weighted by atomic mass is 35.5. The van der Waals surface area contributed by atoms with Gasteiger partial charge in [0.05, 0.1) is 12.1 Å². The molecular weight excluding hydrogens is 352 g/mol. The molecule has 1 amide bonds. The van der Waals surface area contributed by atoms with Crippen molar-refractivity contribution in [1.29, 1.82) is 0 Å². The molecule has 0 aliphatic carbocycles. The van der Waals surface area contributed by atoms with Crippen molar-refractivity contribution in [2.45, 2.75) is 37.6 Å². The van der Waals surface area contributed by atoms with Crippen molar-refractivity contribution in [3.05, 3.63) is 29.4 Å². The standard InChI is InChI=1S/C16H19ClN2O6/c1-7(21)19-13-15(23)14(22)12(6-20)25-16(13)24-11-5-18-10-4-8(17)2-3-9(10)11/h2-5,12-16,18,20,22-23H,6H2,1H3,(H,19,21)/t12-,13+,14+,15-,16+/m0/s1. The molecule has 1 fully saturated rings. The van der Waals surface area contributed by atoms with Crippen molar-refractivity contribution >= 4 is 28.4 Å². The van der Waals surface area contributed by atoms with Gasteiger partial charge in [0.25, 0.3) is 0 Å². The average Bonchev–Trinajstić information content (AvgIpc) is 2.96. The third kappa shape index (κ3) is 3.58. The van der Waals surface area contributed by atoms with Gasteiger partial charge in [-0.3, -0.25) is 4.79 Å². The second-order valence-electron chi connectivity index (χ2n) is 5.89. The second-order valence-corrected chi connectivity index (χ2v) is 6.33. The van der Waals surface area contributed by atoms with Crippen LogP contribution in [0.3, 0.4) is 0 Å². The summed E-state index contributed by atoms with van der Waals surface area (Å²) in [4.78, 5) is 14.4. The molecule has 1 saturated heterocycles. The highest BCUT2D eigenvalue weighted by molar-refractivity contribution is 6.31. The fourth-order valence-electron chi connectivity index (χ4n) is 2.87. The topological polar surface area (TPSA) is 124 Å². The first-order valence-corrected chi connectivity index (χ1v) is 8.11. The molecule has 5 N–H and O–H groups in total. The van der Waals surface area contributed by atoms with Crippen LogP contribution in [0, 0.1) is 0 Å². The van der Waals surface area contributed by atoms with E-state index < -0.39 is 43.2 Å². The molecule has 0 radical (unpaired) electrons. The van der Waals surface area contributed by atoms with Gasteiger partial charge in [-0.05, 0) is 18.2 Å². The first kappa shape index (κ1) is 18.0. The molecule has 2 aromatic rings. The summed E-state index contributed by atoms with van der Waals surface area (Å²) in [6, 6.07) is 4.18. The zero-order valence-corrected chi connectivity index (χ0v) is 14.1. The Balaban J connectivity index is 1.89. The quantitative estimate of drug-likeness (QED) is 0.521. The van der Waals surface area contributed by atoms with E-state index in [1.54, 1.807) is 24.4 Å². The molecule has 1 aromatic heterocycles. The normalized spacial score (nSPS) is 29.6. The number of H-pyrrole nitrogens is 1. The Morgan fingerprint density at radius 1 is 1.40 bits per heavy atom. The van der Waals surface area contributed by atoms with E-state index in [-0.39, 0.29) is 0 Å². The highest BCUT2D eigenvalue weighted by Crippen LogP contribution is 2.31. The maximum Gasteiger partial charge on any atom is 0.223 e. The fraction of sp³-hybridized carbons (Fsp3) is 0.438. The van der Waals surface area contributed by atoms with Crippen LogP contribution in [-0.4, -0.2) is 63.5 Å². The Kier molecular flexibility index (Phi) is 5.16. The summed E-state index contributed by atoms with van der Waals surface area (Å²) in [7, 11) is 0. The smallest absolute Gasteiger partial charge is 0.223 e. The van der Waals surface area contributed by atoms with Gasteiger partial charge in [0.15, 0.2) is 0 Å². The molecule has 0 bridgehead atoms. The summed E-state index contributed by atoms with van der Waals surface area (Å²) < 4.78 is 11.4. The lowest BCUT2D eigenvalue weighted by Gasteiger charge is -2.41. The molecule has 1 aliphatic heterocycles. The monoisotopic (exact) mass is 370 g/mol.